The molecule has 3 heterocycles. The van der Waals surface area contributed by atoms with Crippen LogP contribution >= 0.6 is 15.6 Å². The smallest absolute Gasteiger partial charge is 0.387 e. The van der Waals surface area contributed by atoms with Crippen molar-refractivity contribution in [3.05, 3.63) is 33.1 Å². The van der Waals surface area contributed by atoms with Crippen LogP contribution in [0.4, 0.5) is 0 Å². The number of rotatable bonds is 15. The third kappa shape index (κ3) is 9.53. The highest BCUT2D eigenvalue weighted by atomic mass is 31.3. The molecule has 252 valence electrons. The Hall–Kier alpha value is -1.95. The Bertz CT molecular complexity index is 1330. The van der Waals surface area contributed by atoms with Crippen LogP contribution in [0.1, 0.15) is 6.23 Å². The van der Waals surface area contributed by atoms with Crippen LogP contribution in [0, 0.1) is 0 Å². The number of carbonyl (C=O) groups excluding carboxylic acids is 1. The number of amides is 1. The number of hydrogen-bond donors (Lipinski definition) is 9. The van der Waals surface area contributed by atoms with Crippen LogP contribution in [0.3, 0.4) is 0 Å². The van der Waals surface area contributed by atoms with Gasteiger partial charge in [-0.05, 0) is 0 Å². The molecular formula is C20H33N3O19P2. The zero-order chi connectivity index (χ0) is 32.8. The van der Waals surface area contributed by atoms with E-state index in [4.69, 9.17) is 18.9 Å². The first-order valence-corrected chi connectivity index (χ1v) is 15.6. The Kier molecular flexibility index (Phi) is 12.9. The molecule has 0 aromatic carbocycles. The van der Waals surface area contributed by atoms with E-state index in [1.165, 1.54) is 7.11 Å². The molecule has 9 N–H and O–H groups in total. The van der Waals surface area contributed by atoms with Gasteiger partial charge in [-0.3, -0.25) is 28.2 Å². The number of hydrogen-bond acceptors (Lipinski definition) is 17. The largest absolute Gasteiger partial charge is 0.483 e. The second-order valence-corrected chi connectivity index (χ2v) is 12.3. The zero-order valence-corrected chi connectivity index (χ0v) is 24.5. The standard InChI is InChI=1S/C20H33N3O19P2/c1-36-6-7-37-5-3-21-17(30)16-13(27)12(26)15(29)19(40-16)41-44(34,35)42-43(32,33)38-8-9-11(25)14(28)18(39-9)23-4-2-10(24)22-20(23)31/h2,4,9,11-16,18-19,25-29H,3,5-8H2,1H3,(H,21,30)(H,32,33)(H,34,35)(H,22,24,31)/t9-,11+,12+,13-,14+,15?,16?,18?,19+/m1/s1. The lowest BCUT2D eigenvalue weighted by molar-refractivity contribution is -0.270. The maximum Gasteiger partial charge on any atom is 0.483 e. The fourth-order valence-corrected chi connectivity index (χ4v) is 6.10. The molecule has 0 saturated carbocycles. The van der Waals surface area contributed by atoms with Crippen molar-refractivity contribution in [3.63, 3.8) is 0 Å². The van der Waals surface area contributed by atoms with Gasteiger partial charge < -0.3 is 59.6 Å². The molecule has 44 heavy (non-hydrogen) atoms. The predicted molar refractivity (Wildman–Crippen MR) is 137 cm³/mol. The Morgan fingerprint density at radius 2 is 1.68 bits per heavy atom. The third-order valence-electron chi connectivity index (χ3n) is 6.11. The average Bonchev–Trinajstić information content (AvgIpc) is 3.22. The van der Waals surface area contributed by atoms with Gasteiger partial charge in [0, 0.05) is 25.9 Å². The molecule has 0 bridgehead atoms. The van der Waals surface area contributed by atoms with Gasteiger partial charge in [-0.1, -0.05) is 0 Å². The van der Waals surface area contributed by atoms with Crippen LogP contribution in [0.2, 0.25) is 0 Å². The van der Waals surface area contributed by atoms with Crippen LogP contribution < -0.4 is 16.6 Å². The number of aliphatic hydroxyl groups excluding tert-OH is 5. The first-order chi connectivity index (χ1) is 20.6. The maximum atomic E-state index is 12.5. The van der Waals surface area contributed by atoms with Crippen molar-refractivity contribution < 1.29 is 81.5 Å². The molecule has 2 aliphatic heterocycles. The number of H-pyrrole nitrogens is 1. The van der Waals surface area contributed by atoms with Gasteiger partial charge in [-0.25, -0.2) is 13.9 Å². The zero-order valence-electron chi connectivity index (χ0n) is 22.8. The van der Waals surface area contributed by atoms with E-state index in [-0.39, 0.29) is 26.4 Å². The summed E-state index contributed by atoms with van der Waals surface area (Å²) >= 11 is 0. The third-order valence-corrected chi connectivity index (χ3v) is 8.71. The summed E-state index contributed by atoms with van der Waals surface area (Å²) in [6.45, 7) is -0.634. The van der Waals surface area contributed by atoms with E-state index in [1.54, 1.807) is 0 Å². The van der Waals surface area contributed by atoms with Crippen LogP contribution in [-0.2, 0) is 46.2 Å². The molecule has 11 atom stereocenters. The number of phosphoric ester groups is 2. The van der Waals surface area contributed by atoms with Gasteiger partial charge in [0.15, 0.2) is 18.6 Å². The van der Waals surface area contributed by atoms with Crippen molar-refractivity contribution >= 4 is 21.6 Å². The highest BCUT2D eigenvalue weighted by Gasteiger charge is 2.51. The van der Waals surface area contributed by atoms with Crippen LogP contribution in [0.25, 0.3) is 0 Å². The lowest BCUT2D eigenvalue weighted by atomic mass is 9.98. The molecule has 1 amide bonds. The van der Waals surface area contributed by atoms with Crippen molar-refractivity contribution in [2.45, 2.75) is 55.2 Å². The van der Waals surface area contributed by atoms with Crippen molar-refractivity contribution in [3.8, 4) is 0 Å². The molecule has 0 radical (unpaired) electrons. The van der Waals surface area contributed by atoms with E-state index in [2.05, 4.69) is 18.7 Å². The van der Waals surface area contributed by atoms with E-state index >= 15 is 0 Å². The molecule has 2 fully saturated rings. The van der Waals surface area contributed by atoms with Gasteiger partial charge in [0.05, 0.1) is 26.4 Å². The molecule has 0 spiro atoms. The summed E-state index contributed by atoms with van der Waals surface area (Å²) in [5.41, 5.74) is -1.77. The van der Waals surface area contributed by atoms with Gasteiger partial charge in [0.1, 0.15) is 36.6 Å². The average molecular weight is 681 g/mol. The molecule has 5 unspecified atom stereocenters. The Morgan fingerprint density at radius 1 is 0.977 bits per heavy atom. The monoisotopic (exact) mass is 681 g/mol. The first-order valence-electron chi connectivity index (χ1n) is 12.6. The number of phosphoric acid groups is 2. The molecule has 22 nitrogen and oxygen atoms in total. The Morgan fingerprint density at radius 3 is 2.34 bits per heavy atom. The van der Waals surface area contributed by atoms with Crippen molar-refractivity contribution in [2.24, 2.45) is 0 Å². The number of aromatic amines is 1. The number of methoxy groups -OCH3 is 1. The van der Waals surface area contributed by atoms with Gasteiger partial charge in [0.25, 0.3) is 11.5 Å². The lowest BCUT2D eigenvalue weighted by Gasteiger charge is -2.39. The summed E-state index contributed by atoms with van der Waals surface area (Å²) in [5, 5.41) is 53.1. The van der Waals surface area contributed by atoms with Gasteiger partial charge in [-0.15, -0.1) is 0 Å². The molecule has 1 aromatic heterocycles. The van der Waals surface area contributed by atoms with Gasteiger partial charge in [-0.2, -0.15) is 4.31 Å². The fraction of sp³-hybridized carbons (Fsp3) is 0.750. The van der Waals surface area contributed by atoms with E-state index in [9.17, 15) is 58.8 Å². The molecule has 2 saturated heterocycles. The summed E-state index contributed by atoms with van der Waals surface area (Å²) in [6, 6.07) is 0.921. The molecule has 3 rings (SSSR count). The lowest BCUT2D eigenvalue weighted by Crippen LogP contribution is -2.62. The number of carbonyl (C=O) groups is 1. The van der Waals surface area contributed by atoms with Crippen LogP contribution in [0.15, 0.2) is 21.9 Å². The minimum Gasteiger partial charge on any atom is -0.387 e. The van der Waals surface area contributed by atoms with Crippen molar-refractivity contribution in [1.82, 2.24) is 14.9 Å². The number of aromatic nitrogens is 2. The summed E-state index contributed by atoms with van der Waals surface area (Å²) in [4.78, 5) is 57.5. The molecule has 0 aliphatic carbocycles. The molecule has 1 aromatic rings. The minimum absolute atomic E-state index is 0.0165. The highest BCUT2D eigenvalue weighted by Crippen LogP contribution is 2.61. The Labute approximate surface area is 246 Å². The van der Waals surface area contributed by atoms with Gasteiger partial charge >= 0.3 is 21.3 Å². The van der Waals surface area contributed by atoms with Gasteiger partial charge in [0.2, 0.25) is 0 Å². The molecule has 24 heteroatoms. The summed E-state index contributed by atoms with van der Waals surface area (Å²) in [6.07, 6.45) is -16.6. The SMILES string of the molecule is COCCOCCNC(=O)C1O[C@@H](OP(=O)(O)OP(=O)(O)OC[C@H]2OC(n3ccc(=O)[nH]c3=O)[C@@H](O)[C@H]2O)C(O)[C@@H](O)[C@H]1O. The van der Waals surface area contributed by atoms with E-state index in [0.29, 0.717) is 4.57 Å². The minimum atomic E-state index is -5.73. The number of nitrogens with one attached hydrogen (secondary N) is 2. The number of ether oxygens (including phenoxy) is 4. The Balaban J connectivity index is 1.57. The van der Waals surface area contributed by atoms with E-state index < -0.39 is 94.7 Å². The first kappa shape index (κ1) is 36.5. The second kappa shape index (κ2) is 15.6. The van der Waals surface area contributed by atoms with Crippen LogP contribution in [0.5, 0.6) is 0 Å². The van der Waals surface area contributed by atoms with E-state index in [0.717, 1.165) is 12.3 Å². The maximum absolute atomic E-state index is 12.5. The molecular weight excluding hydrogens is 648 g/mol. The van der Waals surface area contributed by atoms with Crippen LogP contribution in [-0.4, -0.2) is 140 Å². The van der Waals surface area contributed by atoms with E-state index in [1.807, 2.05) is 4.98 Å². The quantitative estimate of drug-likeness (QED) is 0.0618. The number of aliphatic hydroxyl groups is 5. The highest BCUT2D eigenvalue weighted by molar-refractivity contribution is 7.61. The second-order valence-electron chi connectivity index (χ2n) is 9.28. The fourth-order valence-electron chi connectivity index (χ4n) is 3.94. The molecule has 2 aliphatic rings. The number of nitrogens with zero attached hydrogens (tertiary/aromatic N) is 1. The summed E-state index contributed by atoms with van der Waals surface area (Å²) in [7, 11) is -9.85. The van der Waals surface area contributed by atoms with Crippen molar-refractivity contribution in [1.29, 1.82) is 0 Å². The predicted octanol–water partition coefficient (Wildman–Crippen LogP) is -5.01. The topological polar surface area (TPSA) is 324 Å². The van der Waals surface area contributed by atoms with Crippen molar-refractivity contribution in [2.75, 3.05) is 40.1 Å². The normalized spacial score (nSPS) is 33.4. The summed E-state index contributed by atoms with van der Waals surface area (Å²) in [5.74, 6) is -1.04. The summed E-state index contributed by atoms with van der Waals surface area (Å²) < 4.78 is 59.0.